The molecule has 0 saturated carbocycles. The Hall–Kier alpha value is -2.35. The lowest BCUT2D eigenvalue weighted by atomic mass is 10.0. The molecule has 1 amide bonds. The van der Waals surface area contributed by atoms with Gasteiger partial charge in [-0.05, 0) is 48.2 Å². The summed E-state index contributed by atoms with van der Waals surface area (Å²) in [5.41, 5.74) is 0.376. The van der Waals surface area contributed by atoms with E-state index in [9.17, 15) is 14.9 Å². The predicted octanol–water partition coefficient (Wildman–Crippen LogP) is 3.75. The van der Waals surface area contributed by atoms with Gasteiger partial charge in [0.2, 0.25) is 5.75 Å². The van der Waals surface area contributed by atoms with Crippen LogP contribution in [0.25, 0.3) is 0 Å². The van der Waals surface area contributed by atoms with Crippen molar-refractivity contribution in [1.29, 1.82) is 0 Å². The van der Waals surface area contributed by atoms with Crippen LogP contribution in [0.3, 0.4) is 0 Å². The summed E-state index contributed by atoms with van der Waals surface area (Å²) >= 11 is 5.81. The number of amides is 1. The second-order valence-corrected chi connectivity index (χ2v) is 7.32. The number of nitrogens with zero attached hydrogens (tertiary/aromatic N) is 2. The van der Waals surface area contributed by atoms with Gasteiger partial charge in [-0.1, -0.05) is 11.6 Å². The van der Waals surface area contributed by atoms with Crippen molar-refractivity contribution in [2.45, 2.75) is 0 Å². The lowest BCUT2D eigenvalue weighted by molar-refractivity contribution is -0.385. The van der Waals surface area contributed by atoms with E-state index < -0.39 is 4.92 Å². The van der Waals surface area contributed by atoms with E-state index in [1.54, 1.807) is 24.3 Å². The van der Waals surface area contributed by atoms with Crippen LogP contribution in [-0.2, 0) is 0 Å². The highest BCUT2D eigenvalue weighted by Crippen LogP contribution is 2.34. The van der Waals surface area contributed by atoms with Crippen LogP contribution in [0.5, 0.6) is 11.5 Å². The van der Waals surface area contributed by atoms with Gasteiger partial charge in [0.15, 0.2) is 0 Å². The van der Waals surface area contributed by atoms with Crippen molar-refractivity contribution in [2.75, 3.05) is 26.2 Å². The fourth-order valence-corrected chi connectivity index (χ4v) is 3.88. The first kappa shape index (κ1) is 20.4. The minimum absolute atomic E-state index is 0. The average Bonchev–Trinajstić information content (AvgIpc) is 3.25. The minimum Gasteiger partial charge on any atom is -0.450 e. The molecule has 1 N–H and O–H groups in total. The van der Waals surface area contributed by atoms with Crippen molar-refractivity contribution in [3.05, 3.63) is 63.2 Å². The summed E-state index contributed by atoms with van der Waals surface area (Å²) < 4.78 is 5.61. The number of benzene rings is 2. The number of nitrogens with one attached hydrogen (secondary N) is 1. The van der Waals surface area contributed by atoms with Crippen molar-refractivity contribution in [3.63, 3.8) is 0 Å². The molecule has 4 rings (SSSR count). The molecule has 0 aromatic heterocycles. The van der Waals surface area contributed by atoms with E-state index in [-0.39, 0.29) is 34.8 Å². The molecule has 148 valence electrons. The van der Waals surface area contributed by atoms with Gasteiger partial charge >= 0.3 is 5.69 Å². The van der Waals surface area contributed by atoms with E-state index in [0.717, 1.165) is 26.2 Å². The first-order valence-electron chi connectivity index (χ1n) is 8.73. The van der Waals surface area contributed by atoms with Gasteiger partial charge in [-0.2, -0.15) is 0 Å². The first-order valence-corrected chi connectivity index (χ1v) is 9.11. The van der Waals surface area contributed by atoms with Crippen LogP contribution < -0.4 is 10.1 Å². The second kappa shape index (κ2) is 8.34. The molecule has 0 unspecified atom stereocenters. The number of nitro benzene ring substituents is 1. The third kappa shape index (κ3) is 4.06. The molecule has 2 aliphatic rings. The molecule has 28 heavy (non-hydrogen) atoms. The third-order valence-corrected chi connectivity index (χ3v) is 5.36. The predicted molar refractivity (Wildman–Crippen MR) is 108 cm³/mol. The molecule has 9 heteroatoms. The Balaban J connectivity index is 0.00000225. The normalized spacial score (nSPS) is 20.4. The molecule has 7 nitrogen and oxygen atoms in total. The summed E-state index contributed by atoms with van der Waals surface area (Å²) in [4.78, 5) is 25.2. The Kier molecular flexibility index (Phi) is 6.07. The molecule has 0 radical (unpaired) electrons. The number of fused-ring (bicyclic) bond motifs is 1. The van der Waals surface area contributed by atoms with Crippen LogP contribution in [0.1, 0.15) is 10.4 Å². The molecule has 2 atom stereocenters. The molecule has 2 aromatic carbocycles. The van der Waals surface area contributed by atoms with Gasteiger partial charge in [-0.25, -0.2) is 0 Å². The number of halogens is 2. The lowest BCUT2D eigenvalue weighted by Gasteiger charge is -2.17. The van der Waals surface area contributed by atoms with Crippen molar-refractivity contribution >= 4 is 35.6 Å². The number of likely N-dealkylation sites (tertiary alicyclic amines) is 1. The summed E-state index contributed by atoms with van der Waals surface area (Å²) in [5, 5.41) is 14.8. The Morgan fingerprint density at radius 2 is 1.79 bits per heavy atom. The monoisotopic (exact) mass is 423 g/mol. The molecule has 0 spiro atoms. The topological polar surface area (TPSA) is 84.7 Å². The Bertz CT molecular complexity index is 879. The number of carbonyl (C=O) groups is 1. The van der Waals surface area contributed by atoms with Crippen molar-refractivity contribution in [2.24, 2.45) is 11.8 Å². The van der Waals surface area contributed by atoms with Crippen LogP contribution in [0.15, 0.2) is 42.5 Å². The van der Waals surface area contributed by atoms with E-state index in [0.29, 0.717) is 23.1 Å². The minimum atomic E-state index is -0.543. The van der Waals surface area contributed by atoms with E-state index in [1.165, 1.54) is 18.2 Å². The standard InChI is InChI=1S/C19H18ClN3O4.ClH/c20-15-3-6-18(17(7-15)23(25)26)27-16-4-1-12(2-5-16)19(24)22-10-13-8-21-9-14(13)11-22;/h1-7,13-14,21H,8-11H2;1H/t13-,14+;. The molecule has 2 aromatic rings. The molecule has 2 aliphatic heterocycles. The van der Waals surface area contributed by atoms with Crippen molar-refractivity contribution < 1.29 is 14.5 Å². The van der Waals surface area contributed by atoms with Gasteiger partial charge in [-0.3, -0.25) is 14.9 Å². The number of hydrogen-bond acceptors (Lipinski definition) is 5. The maximum atomic E-state index is 12.7. The van der Waals surface area contributed by atoms with Gasteiger partial charge in [0.1, 0.15) is 5.75 Å². The summed E-state index contributed by atoms with van der Waals surface area (Å²) in [6.45, 7) is 3.51. The van der Waals surface area contributed by atoms with Crippen molar-refractivity contribution in [3.8, 4) is 11.5 Å². The van der Waals surface area contributed by atoms with Gasteiger partial charge in [0, 0.05) is 42.8 Å². The molecular formula is C19H19Cl2N3O4. The zero-order chi connectivity index (χ0) is 19.0. The number of nitro groups is 1. The smallest absolute Gasteiger partial charge is 0.313 e. The van der Waals surface area contributed by atoms with Gasteiger partial charge in [-0.15, -0.1) is 12.4 Å². The molecule has 2 heterocycles. The molecule has 2 fully saturated rings. The summed E-state index contributed by atoms with van der Waals surface area (Å²) in [6.07, 6.45) is 0. The molecule has 0 bridgehead atoms. The number of carbonyl (C=O) groups excluding carboxylic acids is 1. The van der Waals surface area contributed by atoms with Gasteiger partial charge in [0.05, 0.1) is 4.92 Å². The molecular weight excluding hydrogens is 405 g/mol. The van der Waals surface area contributed by atoms with E-state index in [2.05, 4.69) is 5.32 Å². The highest BCUT2D eigenvalue weighted by atomic mass is 35.5. The Morgan fingerprint density at radius 3 is 2.39 bits per heavy atom. The highest BCUT2D eigenvalue weighted by molar-refractivity contribution is 6.30. The van der Waals surface area contributed by atoms with E-state index in [4.69, 9.17) is 16.3 Å². The van der Waals surface area contributed by atoms with Crippen molar-refractivity contribution in [1.82, 2.24) is 10.2 Å². The quantitative estimate of drug-likeness (QED) is 0.597. The summed E-state index contributed by atoms with van der Waals surface area (Å²) in [7, 11) is 0. The Labute approximate surface area is 173 Å². The van der Waals surface area contributed by atoms with Crippen LogP contribution >= 0.6 is 24.0 Å². The maximum Gasteiger partial charge on any atom is 0.313 e. The number of ether oxygens (including phenoxy) is 1. The van der Waals surface area contributed by atoms with E-state index in [1.807, 2.05) is 4.90 Å². The van der Waals surface area contributed by atoms with Gasteiger partial charge in [0.25, 0.3) is 5.91 Å². The molecule has 0 aliphatic carbocycles. The molecule has 2 saturated heterocycles. The number of rotatable bonds is 4. The second-order valence-electron chi connectivity index (χ2n) is 6.88. The lowest BCUT2D eigenvalue weighted by Crippen LogP contribution is -2.31. The highest BCUT2D eigenvalue weighted by Gasteiger charge is 2.38. The fourth-order valence-electron chi connectivity index (χ4n) is 3.72. The third-order valence-electron chi connectivity index (χ3n) is 5.12. The van der Waals surface area contributed by atoms with Crippen LogP contribution in [-0.4, -0.2) is 41.9 Å². The first-order chi connectivity index (χ1) is 13.0. The zero-order valence-corrected chi connectivity index (χ0v) is 16.4. The van der Waals surface area contributed by atoms with Crippen LogP contribution in [0.4, 0.5) is 5.69 Å². The number of hydrogen-bond donors (Lipinski definition) is 1. The summed E-state index contributed by atoms with van der Waals surface area (Å²) in [6, 6.07) is 10.9. The Morgan fingerprint density at radius 1 is 1.14 bits per heavy atom. The van der Waals surface area contributed by atoms with Gasteiger partial charge < -0.3 is 15.0 Å². The average molecular weight is 424 g/mol. The SMILES string of the molecule is Cl.O=C(c1ccc(Oc2ccc(Cl)cc2[N+](=O)[O-])cc1)N1C[C@H]2CNC[C@H]2C1. The van der Waals surface area contributed by atoms with Crippen LogP contribution in [0, 0.1) is 22.0 Å². The largest absolute Gasteiger partial charge is 0.450 e. The zero-order valence-electron chi connectivity index (χ0n) is 14.8. The maximum absolute atomic E-state index is 12.7. The summed E-state index contributed by atoms with van der Waals surface area (Å²) in [5.74, 6) is 1.61. The fraction of sp³-hybridized carbons (Fsp3) is 0.316. The van der Waals surface area contributed by atoms with Crippen LogP contribution in [0.2, 0.25) is 5.02 Å². The van der Waals surface area contributed by atoms with E-state index >= 15 is 0 Å².